The van der Waals surface area contributed by atoms with Gasteiger partial charge in [-0.05, 0) is 37.0 Å². The Morgan fingerprint density at radius 2 is 2.27 bits per heavy atom. The van der Waals surface area contributed by atoms with Crippen LogP contribution in [0.25, 0.3) is 0 Å². The molecular weight excluding hydrogens is 186 g/mol. The molecule has 0 radical (unpaired) electrons. The van der Waals surface area contributed by atoms with Crippen molar-refractivity contribution in [2.45, 2.75) is 26.3 Å². The maximum atomic E-state index is 5.43. The molecule has 1 aliphatic heterocycles. The van der Waals surface area contributed by atoms with E-state index in [0.717, 1.165) is 19.6 Å². The molecule has 0 spiro atoms. The summed E-state index contributed by atoms with van der Waals surface area (Å²) in [5, 5.41) is 3.59. The maximum absolute atomic E-state index is 5.43. The van der Waals surface area contributed by atoms with E-state index in [1.807, 2.05) is 0 Å². The van der Waals surface area contributed by atoms with Gasteiger partial charge in [0.05, 0.1) is 6.61 Å². The maximum Gasteiger partial charge on any atom is 0.0511 e. The van der Waals surface area contributed by atoms with Gasteiger partial charge in [-0.25, -0.2) is 0 Å². The van der Waals surface area contributed by atoms with Crippen molar-refractivity contribution in [2.75, 3.05) is 18.5 Å². The Morgan fingerprint density at radius 3 is 3.00 bits per heavy atom. The van der Waals surface area contributed by atoms with Crippen LogP contribution >= 0.6 is 0 Å². The van der Waals surface area contributed by atoms with Gasteiger partial charge in [0.1, 0.15) is 0 Å². The van der Waals surface area contributed by atoms with Crippen LogP contribution in [0.4, 0.5) is 5.69 Å². The minimum atomic E-state index is 0.556. The number of aryl methyl sites for hydroxylation is 1. The molecule has 2 atom stereocenters. The second-order valence-corrected chi connectivity index (χ2v) is 4.46. The minimum Gasteiger partial charge on any atom is -0.382 e. The van der Waals surface area contributed by atoms with Gasteiger partial charge in [-0.1, -0.05) is 19.1 Å². The summed E-state index contributed by atoms with van der Waals surface area (Å²) in [6, 6.07) is 9.11. The summed E-state index contributed by atoms with van der Waals surface area (Å²) in [6.45, 7) is 6.13. The monoisotopic (exact) mass is 205 g/mol. The fourth-order valence-electron chi connectivity index (χ4n) is 2.04. The molecule has 0 bridgehead atoms. The van der Waals surface area contributed by atoms with Crippen molar-refractivity contribution in [1.29, 1.82) is 0 Å². The first-order valence-electron chi connectivity index (χ1n) is 5.66. The molecule has 0 amide bonds. The van der Waals surface area contributed by atoms with Crippen molar-refractivity contribution in [3.8, 4) is 0 Å². The summed E-state index contributed by atoms with van der Waals surface area (Å²) in [5.41, 5.74) is 2.54. The van der Waals surface area contributed by atoms with Crippen molar-refractivity contribution in [1.82, 2.24) is 0 Å². The Bertz CT molecular complexity index is 324. The lowest BCUT2D eigenvalue weighted by molar-refractivity contribution is 0.0538. The van der Waals surface area contributed by atoms with Crippen molar-refractivity contribution >= 4 is 5.69 Å². The third-order valence-corrected chi connectivity index (χ3v) is 3.01. The zero-order valence-electron chi connectivity index (χ0n) is 9.49. The molecule has 0 aromatic heterocycles. The molecule has 1 aromatic carbocycles. The normalized spacial score (nSPS) is 26.3. The number of nitrogens with one attached hydrogen (secondary N) is 1. The predicted octanol–water partition coefficient (Wildman–Crippen LogP) is 2.83. The van der Waals surface area contributed by atoms with Crippen LogP contribution in [-0.2, 0) is 4.74 Å². The Morgan fingerprint density at radius 1 is 1.40 bits per heavy atom. The predicted molar refractivity (Wildman–Crippen MR) is 63.2 cm³/mol. The first-order valence-corrected chi connectivity index (χ1v) is 5.66. The summed E-state index contributed by atoms with van der Waals surface area (Å²) < 4.78 is 5.43. The van der Waals surface area contributed by atoms with Crippen LogP contribution in [0.15, 0.2) is 24.3 Å². The Balaban J connectivity index is 2.01. The van der Waals surface area contributed by atoms with Crippen molar-refractivity contribution in [3.63, 3.8) is 0 Å². The van der Waals surface area contributed by atoms with Crippen LogP contribution < -0.4 is 5.32 Å². The van der Waals surface area contributed by atoms with E-state index in [1.54, 1.807) is 0 Å². The minimum absolute atomic E-state index is 0.556. The second kappa shape index (κ2) is 4.67. The lowest BCUT2D eigenvalue weighted by Gasteiger charge is -2.30. The van der Waals surface area contributed by atoms with Crippen LogP contribution in [-0.4, -0.2) is 19.3 Å². The van der Waals surface area contributed by atoms with Crippen LogP contribution in [0.1, 0.15) is 18.9 Å². The van der Waals surface area contributed by atoms with Crippen LogP contribution in [0, 0.1) is 12.8 Å². The molecule has 0 aliphatic carbocycles. The molecule has 15 heavy (non-hydrogen) atoms. The third-order valence-electron chi connectivity index (χ3n) is 3.01. The van der Waals surface area contributed by atoms with Gasteiger partial charge in [0.25, 0.3) is 0 Å². The molecule has 1 fully saturated rings. The summed E-state index contributed by atoms with van der Waals surface area (Å²) >= 11 is 0. The van der Waals surface area contributed by atoms with Gasteiger partial charge >= 0.3 is 0 Å². The SMILES string of the molecule is Cc1cccc(NC2CCOC[C@@H]2C)c1. The van der Waals surface area contributed by atoms with E-state index in [9.17, 15) is 0 Å². The van der Waals surface area contributed by atoms with Crippen molar-refractivity contribution in [2.24, 2.45) is 5.92 Å². The van der Waals surface area contributed by atoms with E-state index < -0.39 is 0 Å². The highest BCUT2D eigenvalue weighted by molar-refractivity contribution is 5.46. The van der Waals surface area contributed by atoms with Gasteiger partial charge in [-0.15, -0.1) is 0 Å². The fourth-order valence-corrected chi connectivity index (χ4v) is 2.04. The zero-order valence-corrected chi connectivity index (χ0v) is 9.49. The van der Waals surface area contributed by atoms with Gasteiger partial charge in [0.2, 0.25) is 0 Å². The van der Waals surface area contributed by atoms with E-state index in [1.165, 1.54) is 11.3 Å². The van der Waals surface area contributed by atoms with E-state index in [-0.39, 0.29) is 0 Å². The molecular formula is C13H19NO. The molecule has 82 valence electrons. The molecule has 2 rings (SSSR count). The standard InChI is InChI=1S/C13H19NO/c1-10-4-3-5-12(8-10)14-13-6-7-15-9-11(13)2/h3-5,8,11,13-14H,6-7,9H2,1-2H3/t11-,13?/m0/s1. The van der Waals surface area contributed by atoms with Gasteiger partial charge in [-0.3, -0.25) is 0 Å². The molecule has 1 saturated heterocycles. The number of rotatable bonds is 2. The highest BCUT2D eigenvalue weighted by Crippen LogP contribution is 2.19. The Labute approximate surface area is 91.6 Å². The lowest BCUT2D eigenvalue weighted by atomic mass is 9.97. The average molecular weight is 205 g/mol. The first kappa shape index (κ1) is 10.5. The van der Waals surface area contributed by atoms with Gasteiger partial charge in [-0.2, -0.15) is 0 Å². The van der Waals surface area contributed by atoms with E-state index in [2.05, 4.69) is 43.4 Å². The largest absolute Gasteiger partial charge is 0.382 e. The molecule has 0 saturated carbocycles. The highest BCUT2D eigenvalue weighted by atomic mass is 16.5. The van der Waals surface area contributed by atoms with E-state index in [0.29, 0.717) is 12.0 Å². The smallest absolute Gasteiger partial charge is 0.0511 e. The van der Waals surface area contributed by atoms with Crippen LogP contribution in [0.3, 0.4) is 0 Å². The number of ether oxygens (including phenoxy) is 1. The lowest BCUT2D eigenvalue weighted by Crippen LogP contribution is -2.35. The number of benzene rings is 1. The molecule has 1 aliphatic rings. The molecule has 1 N–H and O–H groups in total. The van der Waals surface area contributed by atoms with Crippen molar-refractivity contribution < 1.29 is 4.74 Å². The number of hydrogen-bond acceptors (Lipinski definition) is 2. The van der Waals surface area contributed by atoms with E-state index in [4.69, 9.17) is 4.74 Å². The first-order chi connectivity index (χ1) is 7.25. The number of anilines is 1. The van der Waals surface area contributed by atoms with Crippen LogP contribution in [0.2, 0.25) is 0 Å². The fraction of sp³-hybridized carbons (Fsp3) is 0.538. The van der Waals surface area contributed by atoms with Gasteiger partial charge < -0.3 is 10.1 Å². The second-order valence-electron chi connectivity index (χ2n) is 4.46. The molecule has 2 heteroatoms. The third kappa shape index (κ3) is 2.72. The summed E-state index contributed by atoms with van der Waals surface area (Å²) in [4.78, 5) is 0. The molecule has 2 nitrogen and oxygen atoms in total. The van der Waals surface area contributed by atoms with Crippen molar-refractivity contribution in [3.05, 3.63) is 29.8 Å². The Hall–Kier alpha value is -1.02. The molecule has 1 heterocycles. The van der Waals surface area contributed by atoms with Crippen LogP contribution in [0.5, 0.6) is 0 Å². The topological polar surface area (TPSA) is 21.3 Å². The summed E-state index contributed by atoms with van der Waals surface area (Å²) in [5.74, 6) is 0.597. The summed E-state index contributed by atoms with van der Waals surface area (Å²) in [6.07, 6.45) is 1.11. The summed E-state index contributed by atoms with van der Waals surface area (Å²) in [7, 11) is 0. The Kier molecular flexibility index (Phi) is 3.27. The highest BCUT2D eigenvalue weighted by Gasteiger charge is 2.21. The zero-order chi connectivity index (χ0) is 10.7. The van der Waals surface area contributed by atoms with Gasteiger partial charge in [0.15, 0.2) is 0 Å². The van der Waals surface area contributed by atoms with E-state index >= 15 is 0 Å². The quantitative estimate of drug-likeness (QED) is 0.801. The van der Waals surface area contributed by atoms with Gasteiger partial charge in [0, 0.05) is 18.3 Å². The average Bonchev–Trinajstić information content (AvgIpc) is 2.22. The number of hydrogen-bond donors (Lipinski definition) is 1. The molecule has 1 aromatic rings. The molecule has 1 unspecified atom stereocenters.